The molecule has 2 aromatic carbocycles. The highest BCUT2D eigenvalue weighted by Gasteiger charge is 2.21. The zero-order valence-corrected chi connectivity index (χ0v) is 16.4. The van der Waals surface area contributed by atoms with E-state index in [1.807, 2.05) is 31.2 Å². The first kappa shape index (κ1) is 18.6. The summed E-state index contributed by atoms with van der Waals surface area (Å²) in [5.74, 6) is 1.07. The van der Waals surface area contributed by atoms with Crippen LogP contribution in [0.5, 0.6) is 5.75 Å². The molecule has 7 nitrogen and oxygen atoms in total. The van der Waals surface area contributed by atoms with E-state index in [2.05, 4.69) is 15.0 Å². The summed E-state index contributed by atoms with van der Waals surface area (Å²) in [7, 11) is 3.36. The van der Waals surface area contributed by atoms with Gasteiger partial charge in [-0.3, -0.25) is 4.79 Å². The summed E-state index contributed by atoms with van der Waals surface area (Å²) in [4.78, 5) is 27.3. The maximum absolute atomic E-state index is 13.0. The number of oxazole rings is 1. The normalized spacial score (nSPS) is 12.0. The maximum atomic E-state index is 13.0. The van der Waals surface area contributed by atoms with Crippen molar-refractivity contribution in [1.82, 2.24) is 19.9 Å². The monoisotopic (exact) mass is 388 g/mol. The Bertz CT molecular complexity index is 1160. The molecule has 0 fully saturated rings. The van der Waals surface area contributed by atoms with E-state index >= 15 is 0 Å². The third-order valence-corrected chi connectivity index (χ3v) is 4.89. The molecule has 1 amide bonds. The first-order valence-corrected chi connectivity index (χ1v) is 9.15. The van der Waals surface area contributed by atoms with Gasteiger partial charge < -0.3 is 14.1 Å². The first-order valence-electron chi connectivity index (χ1n) is 9.15. The number of hydrogen-bond donors (Lipinski definition) is 0. The molecule has 1 unspecified atom stereocenters. The number of aromatic nitrogens is 3. The highest BCUT2D eigenvalue weighted by Crippen LogP contribution is 2.28. The standard InChI is InChI=1S/C22H20N4O3/c1-14(18-9-10-23-13-24-18)26(2)22(27)16-7-8-19-20(12-16)29-21(25-19)15-5-4-6-17(11-15)28-3/h4-14H,1-3H3. The van der Waals surface area contributed by atoms with Gasteiger partial charge in [0.2, 0.25) is 5.89 Å². The van der Waals surface area contributed by atoms with E-state index in [-0.39, 0.29) is 11.9 Å². The highest BCUT2D eigenvalue weighted by molar-refractivity contribution is 5.97. The van der Waals surface area contributed by atoms with E-state index in [0.29, 0.717) is 22.6 Å². The van der Waals surface area contributed by atoms with Crippen LogP contribution in [0.15, 0.2) is 65.5 Å². The Hall–Kier alpha value is -3.74. The summed E-state index contributed by atoms with van der Waals surface area (Å²) in [5.41, 5.74) is 3.34. The second-order valence-corrected chi connectivity index (χ2v) is 6.66. The molecule has 0 bridgehead atoms. The van der Waals surface area contributed by atoms with Crippen molar-refractivity contribution < 1.29 is 13.9 Å². The average Bonchev–Trinajstić information content (AvgIpc) is 3.21. The van der Waals surface area contributed by atoms with Gasteiger partial charge in [-0.1, -0.05) is 6.07 Å². The Labute approximate surface area is 168 Å². The van der Waals surface area contributed by atoms with Crippen LogP contribution in [0.3, 0.4) is 0 Å². The van der Waals surface area contributed by atoms with Gasteiger partial charge in [0.05, 0.1) is 18.8 Å². The number of carbonyl (C=O) groups is 1. The lowest BCUT2D eigenvalue weighted by molar-refractivity contribution is 0.0739. The van der Waals surface area contributed by atoms with Crippen LogP contribution in [0.4, 0.5) is 0 Å². The van der Waals surface area contributed by atoms with Crippen LogP contribution in [0.1, 0.15) is 29.0 Å². The largest absolute Gasteiger partial charge is 0.497 e. The minimum absolute atomic E-state index is 0.127. The van der Waals surface area contributed by atoms with Crippen LogP contribution in [-0.2, 0) is 0 Å². The van der Waals surface area contributed by atoms with Crippen molar-refractivity contribution in [2.45, 2.75) is 13.0 Å². The number of rotatable bonds is 5. The SMILES string of the molecule is COc1cccc(-c2nc3ccc(C(=O)N(C)C(C)c4ccncn4)cc3o2)c1. The van der Waals surface area contributed by atoms with Gasteiger partial charge in [-0.15, -0.1) is 0 Å². The van der Waals surface area contributed by atoms with Gasteiger partial charge in [-0.25, -0.2) is 15.0 Å². The number of fused-ring (bicyclic) bond motifs is 1. The molecule has 0 aliphatic rings. The molecule has 0 aliphatic heterocycles. The fourth-order valence-corrected chi connectivity index (χ4v) is 3.06. The van der Waals surface area contributed by atoms with E-state index in [4.69, 9.17) is 9.15 Å². The molecule has 2 heterocycles. The molecule has 0 aliphatic carbocycles. The smallest absolute Gasteiger partial charge is 0.254 e. The predicted octanol–water partition coefficient (Wildman–Crippen LogP) is 4.13. The minimum atomic E-state index is -0.191. The third kappa shape index (κ3) is 3.67. The first-order chi connectivity index (χ1) is 14.1. The molecule has 29 heavy (non-hydrogen) atoms. The van der Waals surface area contributed by atoms with Crippen molar-refractivity contribution in [3.05, 3.63) is 72.3 Å². The van der Waals surface area contributed by atoms with Gasteiger partial charge in [0, 0.05) is 24.4 Å². The molecule has 0 spiro atoms. The lowest BCUT2D eigenvalue weighted by Crippen LogP contribution is -2.30. The van der Waals surface area contributed by atoms with Crippen LogP contribution in [0, 0.1) is 0 Å². The molecular weight excluding hydrogens is 368 g/mol. The van der Waals surface area contributed by atoms with Crippen molar-refractivity contribution in [1.29, 1.82) is 0 Å². The minimum Gasteiger partial charge on any atom is -0.497 e. The zero-order valence-electron chi connectivity index (χ0n) is 16.4. The van der Waals surface area contributed by atoms with E-state index < -0.39 is 0 Å². The third-order valence-electron chi connectivity index (χ3n) is 4.89. The summed E-state index contributed by atoms with van der Waals surface area (Å²) in [5, 5.41) is 0. The van der Waals surface area contributed by atoms with Crippen molar-refractivity contribution in [3.63, 3.8) is 0 Å². The molecule has 4 aromatic rings. The molecule has 7 heteroatoms. The fourth-order valence-electron chi connectivity index (χ4n) is 3.06. The van der Waals surface area contributed by atoms with E-state index in [9.17, 15) is 4.79 Å². The molecular formula is C22H20N4O3. The van der Waals surface area contributed by atoms with Crippen molar-refractivity contribution in [2.24, 2.45) is 0 Å². The molecule has 4 rings (SSSR count). The number of hydrogen-bond acceptors (Lipinski definition) is 6. The molecule has 1 atom stereocenters. The molecule has 0 radical (unpaired) electrons. The summed E-state index contributed by atoms with van der Waals surface area (Å²) < 4.78 is 11.2. The van der Waals surface area contributed by atoms with Gasteiger partial charge in [0.15, 0.2) is 5.58 Å². The van der Waals surface area contributed by atoms with Gasteiger partial charge in [-0.05, 0) is 49.4 Å². The molecule has 146 valence electrons. The highest BCUT2D eigenvalue weighted by atomic mass is 16.5. The van der Waals surface area contributed by atoms with E-state index in [0.717, 1.165) is 17.0 Å². The fraction of sp³-hybridized carbons (Fsp3) is 0.182. The lowest BCUT2D eigenvalue weighted by Gasteiger charge is -2.24. The summed E-state index contributed by atoms with van der Waals surface area (Å²) in [6, 6.07) is 14.4. The van der Waals surface area contributed by atoms with Crippen molar-refractivity contribution in [3.8, 4) is 17.2 Å². The maximum Gasteiger partial charge on any atom is 0.254 e. The Morgan fingerprint density at radius 3 is 2.79 bits per heavy atom. The summed E-state index contributed by atoms with van der Waals surface area (Å²) in [6.07, 6.45) is 3.14. The number of benzene rings is 2. The summed E-state index contributed by atoms with van der Waals surface area (Å²) >= 11 is 0. The second kappa shape index (κ2) is 7.71. The Morgan fingerprint density at radius 2 is 2.03 bits per heavy atom. The van der Waals surface area contributed by atoms with Crippen LogP contribution in [-0.4, -0.2) is 39.9 Å². The second-order valence-electron chi connectivity index (χ2n) is 6.66. The van der Waals surface area contributed by atoms with Crippen LogP contribution < -0.4 is 4.74 Å². The zero-order chi connectivity index (χ0) is 20.4. The molecule has 2 aromatic heterocycles. The Kier molecular flexibility index (Phi) is 4.95. The number of nitrogens with zero attached hydrogens (tertiary/aromatic N) is 4. The van der Waals surface area contributed by atoms with Crippen molar-refractivity contribution >= 4 is 17.0 Å². The number of ether oxygens (including phenoxy) is 1. The van der Waals surface area contributed by atoms with Gasteiger partial charge in [0.25, 0.3) is 5.91 Å². The Morgan fingerprint density at radius 1 is 1.17 bits per heavy atom. The van der Waals surface area contributed by atoms with Crippen LogP contribution in [0.2, 0.25) is 0 Å². The Balaban J connectivity index is 1.62. The topological polar surface area (TPSA) is 81.4 Å². The lowest BCUT2D eigenvalue weighted by atomic mass is 10.1. The molecule has 0 saturated heterocycles. The van der Waals surface area contributed by atoms with Crippen LogP contribution >= 0.6 is 0 Å². The molecule has 0 N–H and O–H groups in total. The van der Waals surface area contributed by atoms with Gasteiger partial charge >= 0.3 is 0 Å². The van der Waals surface area contributed by atoms with E-state index in [1.165, 1.54) is 6.33 Å². The predicted molar refractivity (Wildman–Crippen MR) is 109 cm³/mol. The molecule has 0 saturated carbocycles. The van der Waals surface area contributed by atoms with Gasteiger partial charge in [-0.2, -0.15) is 0 Å². The number of methoxy groups -OCH3 is 1. The summed E-state index contributed by atoms with van der Waals surface area (Å²) in [6.45, 7) is 1.92. The van der Waals surface area contributed by atoms with E-state index in [1.54, 1.807) is 49.5 Å². The average molecular weight is 388 g/mol. The quantitative estimate of drug-likeness (QED) is 0.511. The number of amides is 1. The van der Waals surface area contributed by atoms with Gasteiger partial charge in [0.1, 0.15) is 17.6 Å². The van der Waals surface area contributed by atoms with Crippen LogP contribution in [0.25, 0.3) is 22.6 Å². The van der Waals surface area contributed by atoms with Crippen molar-refractivity contribution in [2.75, 3.05) is 14.2 Å². The number of carbonyl (C=O) groups excluding carboxylic acids is 1.